The molecule has 18 heavy (non-hydrogen) atoms. The monoisotopic (exact) mass is 248 g/mol. The molecular formula is C15H24N2O. The van der Waals surface area contributed by atoms with Crippen LogP contribution in [0.5, 0.6) is 0 Å². The van der Waals surface area contributed by atoms with Crippen molar-refractivity contribution in [1.29, 1.82) is 0 Å². The number of aliphatic hydroxyl groups excluding tert-OH is 1. The van der Waals surface area contributed by atoms with Crippen molar-refractivity contribution in [3.8, 4) is 0 Å². The molecule has 0 bridgehead atoms. The molecule has 0 aromatic heterocycles. The summed E-state index contributed by atoms with van der Waals surface area (Å²) in [6.45, 7) is 4.33. The highest BCUT2D eigenvalue weighted by Gasteiger charge is 2.33. The lowest BCUT2D eigenvalue weighted by Crippen LogP contribution is -2.58. The molecule has 1 aromatic carbocycles. The lowest BCUT2D eigenvalue weighted by Gasteiger charge is -2.42. The summed E-state index contributed by atoms with van der Waals surface area (Å²) in [6.07, 6.45) is 3.25. The summed E-state index contributed by atoms with van der Waals surface area (Å²) in [6, 6.07) is 8.79. The van der Waals surface area contributed by atoms with E-state index in [9.17, 15) is 5.11 Å². The Labute approximate surface area is 110 Å². The Balaban J connectivity index is 2.12. The zero-order valence-electron chi connectivity index (χ0n) is 11.4. The van der Waals surface area contributed by atoms with E-state index in [1.54, 1.807) is 0 Å². The molecule has 3 heteroatoms. The number of benzene rings is 1. The molecule has 0 amide bonds. The maximum absolute atomic E-state index is 9.60. The van der Waals surface area contributed by atoms with E-state index in [0.29, 0.717) is 0 Å². The van der Waals surface area contributed by atoms with Crippen molar-refractivity contribution in [2.75, 3.05) is 31.6 Å². The van der Waals surface area contributed by atoms with Crippen molar-refractivity contribution in [1.82, 2.24) is 5.32 Å². The van der Waals surface area contributed by atoms with Crippen LogP contribution in [0.4, 0.5) is 5.69 Å². The Bertz CT molecular complexity index is 371. The van der Waals surface area contributed by atoms with Gasteiger partial charge in [-0.3, -0.25) is 0 Å². The smallest absolute Gasteiger partial charge is 0.0630 e. The van der Waals surface area contributed by atoms with Gasteiger partial charge < -0.3 is 15.3 Å². The number of nitrogens with one attached hydrogen (secondary N) is 1. The molecular weight excluding hydrogens is 224 g/mol. The molecule has 1 saturated heterocycles. The van der Waals surface area contributed by atoms with Gasteiger partial charge in [-0.1, -0.05) is 19.1 Å². The molecule has 100 valence electrons. The van der Waals surface area contributed by atoms with E-state index >= 15 is 0 Å². The fourth-order valence-corrected chi connectivity index (χ4v) is 2.71. The molecule has 1 aromatic rings. The van der Waals surface area contributed by atoms with Gasteiger partial charge in [0.2, 0.25) is 0 Å². The van der Waals surface area contributed by atoms with Crippen LogP contribution in [0.1, 0.15) is 25.3 Å². The normalized spacial score (nSPS) is 24.3. The fraction of sp³-hybridized carbons (Fsp3) is 0.600. The Morgan fingerprint density at radius 1 is 1.33 bits per heavy atom. The van der Waals surface area contributed by atoms with Crippen molar-refractivity contribution in [2.45, 2.75) is 31.7 Å². The van der Waals surface area contributed by atoms with Gasteiger partial charge in [-0.2, -0.15) is 0 Å². The van der Waals surface area contributed by atoms with E-state index in [2.05, 4.69) is 41.4 Å². The summed E-state index contributed by atoms with van der Waals surface area (Å²) >= 11 is 0. The number of hydrogen-bond acceptors (Lipinski definition) is 3. The summed E-state index contributed by atoms with van der Waals surface area (Å²) in [4.78, 5) is 2.37. The second-order valence-corrected chi connectivity index (χ2v) is 5.23. The third kappa shape index (κ3) is 2.68. The summed E-state index contributed by atoms with van der Waals surface area (Å²) < 4.78 is 0. The minimum absolute atomic E-state index is 0.137. The van der Waals surface area contributed by atoms with E-state index in [0.717, 1.165) is 32.4 Å². The SMILES string of the molecule is CCc1ccc(N2CCCC(CO)(NC)C2)cc1. The summed E-state index contributed by atoms with van der Waals surface area (Å²) in [5.74, 6) is 0. The first-order valence-electron chi connectivity index (χ1n) is 6.86. The fourth-order valence-electron chi connectivity index (χ4n) is 2.71. The topological polar surface area (TPSA) is 35.5 Å². The number of piperidine rings is 1. The zero-order valence-corrected chi connectivity index (χ0v) is 11.4. The predicted molar refractivity (Wildman–Crippen MR) is 76.1 cm³/mol. The van der Waals surface area contributed by atoms with Gasteiger partial charge in [0.25, 0.3) is 0 Å². The maximum atomic E-state index is 9.60. The third-order valence-corrected chi connectivity index (χ3v) is 4.12. The standard InChI is InChI=1S/C15H24N2O/c1-3-13-5-7-14(8-6-13)17-10-4-9-15(11-17,12-18)16-2/h5-8,16,18H,3-4,9-12H2,1-2H3. The molecule has 2 rings (SSSR count). The summed E-state index contributed by atoms with van der Waals surface area (Å²) in [7, 11) is 1.94. The minimum Gasteiger partial charge on any atom is -0.394 e. The van der Waals surface area contributed by atoms with E-state index in [1.165, 1.54) is 11.3 Å². The Hall–Kier alpha value is -1.06. The van der Waals surface area contributed by atoms with Crippen LogP contribution in [-0.2, 0) is 6.42 Å². The molecule has 1 aliphatic heterocycles. The molecule has 3 nitrogen and oxygen atoms in total. The second kappa shape index (κ2) is 5.72. The molecule has 0 saturated carbocycles. The first kappa shape index (κ1) is 13.4. The average molecular weight is 248 g/mol. The van der Waals surface area contributed by atoms with Crippen LogP contribution < -0.4 is 10.2 Å². The molecule has 1 unspecified atom stereocenters. The predicted octanol–water partition coefficient (Wildman–Crippen LogP) is 1.80. The first-order chi connectivity index (χ1) is 8.73. The molecule has 0 radical (unpaired) electrons. The van der Waals surface area contributed by atoms with Crippen LogP contribution in [0.25, 0.3) is 0 Å². The van der Waals surface area contributed by atoms with Crippen molar-refractivity contribution in [3.63, 3.8) is 0 Å². The average Bonchev–Trinajstić information content (AvgIpc) is 2.47. The Morgan fingerprint density at radius 3 is 2.61 bits per heavy atom. The lowest BCUT2D eigenvalue weighted by atomic mass is 9.89. The number of rotatable bonds is 4. The van der Waals surface area contributed by atoms with Gasteiger partial charge in [-0.25, -0.2) is 0 Å². The van der Waals surface area contributed by atoms with Gasteiger partial charge in [0, 0.05) is 18.8 Å². The van der Waals surface area contributed by atoms with Crippen LogP contribution in [0.2, 0.25) is 0 Å². The van der Waals surface area contributed by atoms with E-state index in [1.807, 2.05) is 7.05 Å². The number of hydrogen-bond donors (Lipinski definition) is 2. The number of aliphatic hydroxyl groups is 1. The molecule has 1 atom stereocenters. The van der Waals surface area contributed by atoms with Crippen LogP contribution >= 0.6 is 0 Å². The highest BCUT2D eigenvalue weighted by atomic mass is 16.3. The number of nitrogens with zero attached hydrogens (tertiary/aromatic N) is 1. The summed E-state index contributed by atoms with van der Waals surface area (Å²) in [5, 5.41) is 12.9. The molecule has 0 aliphatic carbocycles. The number of likely N-dealkylation sites (N-methyl/N-ethyl adjacent to an activating group) is 1. The van der Waals surface area contributed by atoms with Crippen molar-refractivity contribution >= 4 is 5.69 Å². The highest BCUT2D eigenvalue weighted by Crippen LogP contribution is 2.26. The molecule has 0 spiro atoms. The van der Waals surface area contributed by atoms with Gasteiger partial charge in [0.1, 0.15) is 0 Å². The first-order valence-corrected chi connectivity index (χ1v) is 6.86. The molecule has 1 aliphatic rings. The zero-order chi connectivity index (χ0) is 13.0. The van der Waals surface area contributed by atoms with Gasteiger partial charge in [0.05, 0.1) is 12.1 Å². The lowest BCUT2D eigenvalue weighted by molar-refractivity contribution is 0.149. The van der Waals surface area contributed by atoms with E-state index in [4.69, 9.17) is 0 Å². The number of aryl methyl sites for hydroxylation is 1. The van der Waals surface area contributed by atoms with Crippen molar-refractivity contribution in [2.24, 2.45) is 0 Å². The van der Waals surface area contributed by atoms with Crippen molar-refractivity contribution < 1.29 is 5.11 Å². The maximum Gasteiger partial charge on any atom is 0.0630 e. The molecule has 2 N–H and O–H groups in total. The molecule has 1 heterocycles. The summed E-state index contributed by atoms with van der Waals surface area (Å²) in [5.41, 5.74) is 2.50. The van der Waals surface area contributed by atoms with E-state index in [-0.39, 0.29) is 12.1 Å². The third-order valence-electron chi connectivity index (χ3n) is 4.12. The van der Waals surface area contributed by atoms with Gasteiger partial charge >= 0.3 is 0 Å². The Kier molecular flexibility index (Phi) is 4.25. The van der Waals surface area contributed by atoms with Gasteiger partial charge in [-0.15, -0.1) is 0 Å². The number of anilines is 1. The van der Waals surface area contributed by atoms with Crippen molar-refractivity contribution in [3.05, 3.63) is 29.8 Å². The quantitative estimate of drug-likeness (QED) is 0.853. The van der Waals surface area contributed by atoms with Crippen LogP contribution in [-0.4, -0.2) is 37.4 Å². The van der Waals surface area contributed by atoms with Gasteiger partial charge in [0.15, 0.2) is 0 Å². The highest BCUT2D eigenvalue weighted by molar-refractivity contribution is 5.48. The molecule has 1 fully saturated rings. The van der Waals surface area contributed by atoms with E-state index < -0.39 is 0 Å². The van der Waals surface area contributed by atoms with Crippen LogP contribution in [0.3, 0.4) is 0 Å². The van der Waals surface area contributed by atoms with Gasteiger partial charge in [-0.05, 0) is 44.0 Å². The minimum atomic E-state index is -0.137. The van der Waals surface area contributed by atoms with Crippen LogP contribution in [0, 0.1) is 0 Å². The second-order valence-electron chi connectivity index (χ2n) is 5.23. The van der Waals surface area contributed by atoms with Crippen LogP contribution in [0.15, 0.2) is 24.3 Å². The Morgan fingerprint density at radius 2 is 2.06 bits per heavy atom. The largest absolute Gasteiger partial charge is 0.394 e.